The average Bonchev–Trinajstić information content (AvgIpc) is 2.82. The third-order valence-electron chi connectivity index (χ3n) is 3.44. The molecule has 1 amide bonds. The number of halogens is 4. The number of aromatic amines is 1. The molecule has 0 radical (unpaired) electrons. The highest BCUT2D eigenvalue weighted by atomic mass is 32.1. The van der Waals surface area contributed by atoms with Crippen molar-refractivity contribution >= 4 is 18.1 Å². The minimum absolute atomic E-state index is 0.0414. The Bertz CT molecular complexity index is 794. The molecule has 1 atom stereocenters. The molecule has 0 aliphatic carbocycles. The summed E-state index contributed by atoms with van der Waals surface area (Å²) in [5.41, 5.74) is 4.11. The number of amides is 1. The number of alkyl halides is 3. The first-order valence-electron chi connectivity index (χ1n) is 6.63. The molecule has 1 heterocycles. The second-order valence-electron chi connectivity index (χ2n) is 4.87. The number of carbonyl (C=O) groups excluding carboxylic acids is 1. The van der Waals surface area contributed by atoms with E-state index in [9.17, 15) is 22.4 Å². The van der Waals surface area contributed by atoms with Crippen LogP contribution in [0.25, 0.3) is 0 Å². The molecule has 3 N–H and O–H groups in total. The van der Waals surface area contributed by atoms with E-state index in [0.29, 0.717) is 6.42 Å². The van der Waals surface area contributed by atoms with Gasteiger partial charge in [-0.3, -0.25) is 4.79 Å². The Morgan fingerprint density at radius 1 is 1.43 bits per heavy atom. The molecule has 0 bridgehead atoms. The Balaban J connectivity index is 2.62. The van der Waals surface area contributed by atoms with Crippen LogP contribution in [-0.4, -0.2) is 15.5 Å². The quantitative estimate of drug-likeness (QED) is 0.653. The highest BCUT2D eigenvalue weighted by Gasteiger charge is 2.35. The fourth-order valence-corrected chi connectivity index (χ4v) is 2.70. The smallest absolute Gasteiger partial charge is 0.364 e. The molecule has 0 aliphatic rings. The summed E-state index contributed by atoms with van der Waals surface area (Å²) in [6.07, 6.45) is -3.19. The van der Waals surface area contributed by atoms with Crippen LogP contribution in [0.1, 0.15) is 41.0 Å². The summed E-state index contributed by atoms with van der Waals surface area (Å²) in [5, 5.41) is 0. The zero-order valence-corrected chi connectivity index (χ0v) is 12.8. The van der Waals surface area contributed by atoms with E-state index in [-0.39, 0.29) is 16.0 Å². The predicted molar refractivity (Wildman–Crippen MR) is 78.0 cm³/mol. The number of primary amides is 1. The highest BCUT2D eigenvalue weighted by Crippen LogP contribution is 2.34. The number of benzene rings is 1. The largest absolute Gasteiger partial charge is 0.419 e. The number of nitrogens with zero attached hydrogens (tertiary/aromatic N) is 1. The van der Waals surface area contributed by atoms with Gasteiger partial charge in [-0.15, -0.1) is 0 Å². The van der Waals surface area contributed by atoms with Crippen molar-refractivity contribution < 1.29 is 22.4 Å². The number of carbonyl (C=O) groups is 1. The lowest BCUT2D eigenvalue weighted by atomic mass is 10.0. The van der Waals surface area contributed by atoms with Crippen LogP contribution in [0, 0.1) is 10.6 Å². The van der Waals surface area contributed by atoms with E-state index < -0.39 is 29.5 Å². The van der Waals surface area contributed by atoms with Crippen LogP contribution >= 0.6 is 12.2 Å². The molecule has 0 spiro atoms. The normalized spacial score (nSPS) is 13.1. The predicted octanol–water partition coefficient (Wildman–Crippen LogP) is 3.80. The molecule has 124 valence electrons. The van der Waals surface area contributed by atoms with Gasteiger partial charge in [0.2, 0.25) is 0 Å². The summed E-state index contributed by atoms with van der Waals surface area (Å²) < 4.78 is 53.5. The van der Waals surface area contributed by atoms with Crippen LogP contribution in [0.4, 0.5) is 17.6 Å². The molecule has 2 aromatic rings. The fraction of sp³-hybridized carbons (Fsp3) is 0.286. The van der Waals surface area contributed by atoms with E-state index >= 15 is 0 Å². The van der Waals surface area contributed by atoms with Crippen molar-refractivity contribution in [3.63, 3.8) is 0 Å². The molecule has 0 saturated heterocycles. The highest BCUT2D eigenvalue weighted by molar-refractivity contribution is 7.71. The summed E-state index contributed by atoms with van der Waals surface area (Å²) in [5.74, 6) is -2.13. The molecule has 1 unspecified atom stereocenters. The monoisotopic (exact) mass is 347 g/mol. The number of nitrogens with two attached hydrogens (primary N) is 1. The van der Waals surface area contributed by atoms with Gasteiger partial charge >= 0.3 is 6.18 Å². The maximum Gasteiger partial charge on any atom is 0.419 e. The lowest BCUT2D eigenvalue weighted by Gasteiger charge is -2.20. The van der Waals surface area contributed by atoms with Gasteiger partial charge in [0.1, 0.15) is 11.5 Å². The summed E-state index contributed by atoms with van der Waals surface area (Å²) >= 11 is 5.07. The molecule has 1 aromatic heterocycles. The lowest BCUT2D eigenvalue weighted by Crippen LogP contribution is -2.21. The molecule has 1 aromatic carbocycles. The van der Waals surface area contributed by atoms with Crippen LogP contribution in [0.15, 0.2) is 24.4 Å². The number of aromatic nitrogens is 2. The Morgan fingerprint density at radius 2 is 2.09 bits per heavy atom. The molecule has 2 rings (SSSR count). The van der Waals surface area contributed by atoms with Crippen molar-refractivity contribution in [1.29, 1.82) is 0 Å². The van der Waals surface area contributed by atoms with E-state index in [1.54, 1.807) is 6.92 Å². The van der Waals surface area contributed by atoms with Crippen LogP contribution in [0.3, 0.4) is 0 Å². The van der Waals surface area contributed by atoms with Crippen molar-refractivity contribution in [2.75, 3.05) is 0 Å². The second kappa shape index (κ2) is 6.15. The third-order valence-corrected chi connectivity index (χ3v) is 3.76. The summed E-state index contributed by atoms with van der Waals surface area (Å²) in [6, 6.07) is 2.03. The first-order chi connectivity index (χ1) is 10.7. The van der Waals surface area contributed by atoms with E-state index in [2.05, 4.69) is 4.98 Å². The van der Waals surface area contributed by atoms with E-state index in [1.807, 2.05) is 0 Å². The van der Waals surface area contributed by atoms with Crippen LogP contribution < -0.4 is 5.73 Å². The number of hydrogen-bond acceptors (Lipinski definition) is 2. The van der Waals surface area contributed by atoms with E-state index in [0.717, 1.165) is 12.1 Å². The topological polar surface area (TPSA) is 63.8 Å². The zero-order chi connectivity index (χ0) is 17.4. The second-order valence-corrected chi connectivity index (χ2v) is 5.26. The van der Waals surface area contributed by atoms with Crippen molar-refractivity contribution in [3.8, 4) is 0 Å². The maximum absolute atomic E-state index is 13.4. The molecule has 0 fully saturated rings. The fourth-order valence-electron chi connectivity index (χ4n) is 2.41. The Morgan fingerprint density at radius 3 is 2.61 bits per heavy atom. The minimum atomic E-state index is -4.81. The van der Waals surface area contributed by atoms with Gasteiger partial charge in [0.25, 0.3) is 5.91 Å². The number of hydrogen-bond donors (Lipinski definition) is 2. The number of imidazole rings is 1. The van der Waals surface area contributed by atoms with Gasteiger partial charge in [-0.25, -0.2) is 4.39 Å². The Hall–Kier alpha value is -2.16. The molecular formula is C14H13F4N3OS. The maximum atomic E-state index is 13.4. The molecule has 0 saturated carbocycles. The van der Waals surface area contributed by atoms with Gasteiger partial charge in [-0.1, -0.05) is 13.0 Å². The molecule has 9 heteroatoms. The van der Waals surface area contributed by atoms with Crippen LogP contribution in [0.5, 0.6) is 0 Å². The molecule has 0 aliphatic heterocycles. The molecule has 23 heavy (non-hydrogen) atoms. The van der Waals surface area contributed by atoms with Crippen molar-refractivity contribution in [3.05, 3.63) is 51.8 Å². The number of nitrogens with one attached hydrogen (secondary N) is 1. The Kier molecular flexibility index (Phi) is 4.60. The first kappa shape index (κ1) is 17.2. The van der Waals surface area contributed by atoms with Gasteiger partial charge in [-0.2, -0.15) is 13.2 Å². The lowest BCUT2D eigenvalue weighted by molar-refractivity contribution is -0.140. The first-order valence-corrected chi connectivity index (χ1v) is 7.04. The average molecular weight is 347 g/mol. The summed E-state index contributed by atoms with van der Waals surface area (Å²) in [4.78, 5) is 14.1. The standard InChI is InChI=1S/C14H13F4N3OS/c1-2-10(21-11(12(19)22)6-20-13(21)23)7-3-4-9(15)8(5-7)14(16,17)18/h3-6,10H,2H2,1H3,(H2,19,22)(H,20,23). The number of rotatable bonds is 4. The van der Waals surface area contributed by atoms with Gasteiger partial charge in [0, 0.05) is 6.20 Å². The SMILES string of the molecule is CCC(c1ccc(F)c(C(F)(F)F)c1)n1c(C(N)=O)c[nH]c1=S. The van der Waals surface area contributed by atoms with Gasteiger partial charge in [0.15, 0.2) is 4.77 Å². The van der Waals surface area contributed by atoms with Crippen molar-refractivity contribution in [1.82, 2.24) is 9.55 Å². The minimum Gasteiger partial charge on any atom is -0.364 e. The third kappa shape index (κ3) is 3.29. The number of H-pyrrole nitrogens is 1. The van der Waals surface area contributed by atoms with E-state index in [1.165, 1.54) is 16.8 Å². The van der Waals surface area contributed by atoms with Crippen molar-refractivity contribution in [2.24, 2.45) is 5.73 Å². The van der Waals surface area contributed by atoms with Crippen LogP contribution in [-0.2, 0) is 6.18 Å². The van der Waals surface area contributed by atoms with Gasteiger partial charge < -0.3 is 15.3 Å². The van der Waals surface area contributed by atoms with Gasteiger partial charge in [-0.05, 0) is 36.3 Å². The molecule has 4 nitrogen and oxygen atoms in total. The Labute approximate surface area is 133 Å². The zero-order valence-electron chi connectivity index (χ0n) is 11.9. The van der Waals surface area contributed by atoms with Crippen molar-refractivity contribution in [2.45, 2.75) is 25.6 Å². The summed E-state index contributed by atoms with van der Waals surface area (Å²) in [7, 11) is 0. The van der Waals surface area contributed by atoms with Gasteiger partial charge in [0.05, 0.1) is 11.6 Å². The van der Waals surface area contributed by atoms with Crippen LogP contribution in [0.2, 0.25) is 0 Å². The summed E-state index contributed by atoms with van der Waals surface area (Å²) in [6.45, 7) is 1.71. The van der Waals surface area contributed by atoms with E-state index in [4.69, 9.17) is 18.0 Å². The molecular weight excluding hydrogens is 334 g/mol.